The fourth-order valence-electron chi connectivity index (χ4n) is 3.38. The van der Waals surface area contributed by atoms with Crippen molar-refractivity contribution >= 4 is 22.0 Å². The van der Waals surface area contributed by atoms with E-state index in [0.717, 1.165) is 5.56 Å². The zero-order valence-electron chi connectivity index (χ0n) is 17.3. The van der Waals surface area contributed by atoms with Crippen LogP contribution in [0, 0.1) is 0 Å². The van der Waals surface area contributed by atoms with E-state index in [1.165, 1.54) is 15.3 Å². The second-order valence-electron chi connectivity index (χ2n) is 7.55. The van der Waals surface area contributed by atoms with Gasteiger partial charge in [-0.15, -0.1) is 0 Å². The van der Waals surface area contributed by atoms with Crippen molar-refractivity contribution in [1.29, 1.82) is 0 Å². The Morgan fingerprint density at radius 2 is 1.60 bits per heavy atom. The summed E-state index contributed by atoms with van der Waals surface area (Å²) in [6.07, 6.45) is 1.61. The monoisotopic (exact) mass is 427 g/mol. The van der Waals surface area contributed by atoms with E-state index >= 15 is 0 Å². The summed E-state index contributed by atoms with van der Waals surface area (Å²) >= 11 is 0. The van der Waals surface area contributed by atoms with E-state index in [9.17, 15) is 13.2 Å². The van der Waals surface area contributed by atoms with E-state index in [1.807, 2.05) is 53.4 Å². The van der Waals surface area contributed by atoms with Crippen LogP contribution in [0.1, 0.15) is 24.0 Å². The molecule has 30 heavy (non-hydrogen) atoms. The van der Waals surface area contributed by atoms with E-state index in [1.54, 1.807) is 6.08 Å². The molecule has 3 rings (SSSR count). The molecule has 160 valence electrons. The quantitative estimate of drug-likeness (QED) is 0.703. The summed E-state index contributed by atoms with van der Waals surface area (Å²) in [5.41, 5.74) is 2.04. The predicted molar refractivity (Wildman–Crippen MR) is 120 cm³/mol. The third kappa shape index (κ3) is 6.52. The van der Waals surface area contributed by atoms with Crippen molar-refractivity contribution in [1.82, 2.24) is 14.5 Å². The molecule has 0 spiro atoms. The average Bonchev–Trinajstić information content (AvgIpc) is 2.78. The summed E-state index contributed by atoms with van der Waals surface area (Å²) < 4.78 is 26.6. The Balaban J connectivity index is 1.42. The lowest BCUT2D eigenvalue weighted by Gasteiger charge is -2.32. The van der Waals surface area contributed by atoms with Crippen LogP contribution in [0.5, 0.6) is 0 Å². The van der Waals surface area contributed by atoms with E-state index in [4.69, 9.17) is 0 Å². The van der Waals surface area contributed by atoms with Crippen molar-refractivity contribution in [3.8, 4) is 0 Å². The number of benzene rings is 2. The highest BCUT2D eigenvalue weighted by Gasteiger charge is 2.26. The predicted octanol–water partition coefficient (Wildman–Crippen LogP) is 2.52. The Labute approximate surface area is 179 Å². The molecule has 7 heteroatoms. The van der Waals surface area contributed by atoms with Crippen LogP contribution in [-0.4, -0.2) is 62.8 Å². The molecule has 0 saturated carbocycles. The number of rotatable bonds is 8. The fourth-order valence-corrected chi connectivity index (χ4v) is 4.56. The first-order valence-corrected chi connectivity index (χ1v) is 11.7. The first-order chi connectivity index (χ1) is 14.4. The summed E-state index contributed by atoms with van der Waals surface area (Å²) in [5, 5.41) is 4.24. The highest BCUT2D eigenvalue weighted by molar-refractivity contribution is 7.92. The Hall–Kier alpha value is -2.48. The lowest BCUT2D eigenvalue weighted by Crippen LogP contribution is -2.50. The van der Waals surface area contributed by atoms with Crippen molar-refractivity contribution in [2.45, 2.75) is 12.8 Å². The highest BCUT2D eigenvalue weighted by atomic mass is 32.2. The second kappa shape index (κ2) is 10.5. The molecule has 1 fully saturated rings. The van der Waals surface area contributed by atoms with Crippen molar-refractivity contribution in [2.75, 3.05) is 39.3 Å². The number of sulfonamides is 1. The average molecular weight is 428 g/mol. The zero-order chi connectivity index (χ0) is 21.4. The first kappa shape index (κ1) is 22.2. The molecule has 2 aromatic rings. The minimum atomic E-state index is -3.46. The molecule has 1 N–H and O–H groups in total. The number of piperazine rings is 1. The van der Waals surface area contributed by atoms with Gasteiger partial charge in [0.05, 0.1) is 6.54 Å². The molecule has 1 amide bonds. The lowest BCUT2D eigenvalue weighted by atomic mass is 10.0. The van der Waals surface area contributed by atoms with Gasteiger partial charge in [-0.2, -0.15) is 4.31 Å². The van der Waals surface area contributed by atoms with Crippen LogP contribution in [0.15, 0.2) is 66.1 Å². The molecular formula is C23H29N3O3S. The minimum Gasteiger partial charge on any atom is -0.354 e. The molecule has 0 aliphatic carbocycles. The molecule has 0 aromatic heterocycles. The molecule has 1 aliphatic heterocycles. The standard InChI is InChI=1S/C23H29N3O3S/c1-20(22-10-6-3-7-11-22)18-24-23(27)19-25-13-15-26(16-14-25)30(28,29)17-12-21-8-4-2-5-9-21/h2-12,17,20H,13-16,18-19H2,1H3,(H,24,27)/b17-12+/t20-/m0/s1. The van der Waals surface area contributed by atoms with Gasteiger partial charge in [0.15, 0.2) is 0 Å². The van der Waals surface area contributed by atoms with Gasteiger partial charge in [0.2, 0.25) is 15.9 Å². The van der Waals surface area contributed by atoms with Crippen LogP contribution in [0.25, 0.3) is 6.08 Å². The fraction of sp³-hybridized carbons (Fsp3) is 0.348. The first-order valence-electron chi connectivity index (χ1n) is 10.2. The molecule has 6 nitrogen and oxygen atoms in total. The number of carbonyl (C=O) groups is 1. The van der Waals surface area contributed by atoms with Crippen LogP contribution in [0.3, 0.4) is 0 Å². The Morgan fingerprint density at radius 1 is 1.00 bits per heavy atom. The Morgan fingerprint density at radius 3 is 2.23 bits per heavy atom. The molecule has 1 aliphatic rings. The summed E-state index contributed by atoms with van der Waals surface area (Å²) in [6.45, 7) is 4.81. The Kier molecular flexibility index (Phi) is 7.79. The summed E-state index contributed by atoms with van der Waals surface area (Å²) in [5.74, 6) is 0.214. The largest absolute Gasteiger partial charge is 0.354 e. The maximum Gasteiger partial charge on any atom is 0.236 e. The second-order valence-corrected chi connectivity index (χ2v) is 9.37. The number of hydrogen-bond donors (Lipinski definition) is 1. The van der Waals surface area contributed by atoms with Crippen molar-refractivity contribution < 1.29 is 13.2 Å². The lowest BCUT2D eigenvalue weighted by molar-refractivity contribution is -0.122. The smallest absolute Gasteiger partial charge is 0.236 e. The van der Waals surface area contributed by atoms with Gasteiger partial charge in [-0.05, 0) is 23.1 Å². The van der Waals surface area contributed by atoms with Gasteiger partial charge in [-0.1, -0.05) is 67.6 Å². The van der Waals surface area contributed by atoms with Crippen molar-refractivity contribution in [2.24, 2.45) is 0 Å². The van der Waals surface area contributed by atoms with Crippen LogP contribution in [0.4, 0.5) is 0 Å². The van der Waals surface area contributed by atoms with Gasteiger partial charge >= 0.3 is 0 Å². The van der Waals surface area contributed by atoms with Gasteiger partial charge in [-0.3, -0.25) is 9.69 Å². The third-order valence-corrected chi connectivity index (χ3v) is 6.83. The minimum absolute atomic E-state index is 0.0296. The molecule has 0 bridgehead atoms. The molecule has 1 heterocycles. The topological polar surface area (TPSA) is 69.7 Å². The maximum absolute atomic E-state index is 12.5. The number of nitrogens with zero attached hydrogens (tertiary/aromatic N) is 2. The van der Waals surface area contributed by atoms with Gasteiger partial charge < -0.3 is 5.32 Å². The number of carbonyl (C=O) groups excluding carboxylic acids is 1. The van der Waals surface area contributed by atoms with Crippen LogP contribution >= 0.6 is 0 Å². The van der Waals surface area contributed by atoms with Gasteiger partial charge in [0.1, 0.15) is 0 Å². The zero-order valence-corrected chi connectivity index (χ0v) is 18.1. The van der Waals surface area contributed by atoms with Crippen molar-refractivity contribution in [3.63, 3.8) is 0 Å². The van der Waals surface area contributed by atoms with Gasteiger partial charge in [-0.25, -0.2) is 8.42 Å². The van der Waals surface area contributed by atoms with Gasteiger partial charge in [0, 0.05) is 38.1 Å². The van der Waals surface area contributed by atoms with E-state index in [2.05, 4.69) is 24.4 Å². The normalized spacial score (nSPS) is 17.1. The van der Waals surface area contributed by atoms with E-state index < -0.39 is 10.0 Å². The van der Waals surface area contributed by atoms with Crippen LogP contribution < -0.4 is 5.32 Å². The molecule has 2 aromatic carbocycles. The highest BCUT2D eigenvalue weighted by Crippen LogP contribution is 2.14. The molecule has 1 saturated heterocycles. The van der Waals surface area contributed by atoms with E-state index in [-0.39, 0.29) is 18.4 Å². The van der Waals surface area contributed by atoms with Gasteiger partial charge in [0.25, 0.3) is 0 Å². The molecule has 0 unspecified atom stereocenters. The third-order valence-electron chi connectivity index (χ3n) is 5.26. The maximum atomic E-state index is 12.5. The summed E-state index contributed by atoms with van der Waals surface area (Å²) in [6, 6.07) is 19.4. The number of amides is 1. The van der Waals surface area contributed by atoms with Crippen molar-refractivity contribution in [3.05, 3.63) is 77.2 Å². The Bertz CT molecular complexity index is 938. The van der Waals surface area contributed by atoms with Crippen LogP contribution in [0.2, 0.25) is 0 Å². The summed E-state index contributed by atoms with van der Waals surface area (Å²) in [4.78, 5) is 14.3. The number of hydrogen-bond acceptors (Lipinski definition) is 4. The summed E-state index contributed by atoms with van der Waals surface area (Å²) in [7, 11) is -3.46. The SMILES string of the molecule is C[C@@H](CNC(=O)CN1CCN(S(=O)(=O)/C=C/c2ccccc2)CC1)c1ccccc1. The number of nitrogens with one attached hydrogen (secondary N) is 1. The molecular weight excluding hydrogens is 398 g/mol. The van der Waals surface area contributed by atoms with E-state index in [0.29, 0.717) is 32.7 Å². The van der Waals surface area contributed by atoms with Crippen LogP contribution in [-0.2, 0) is 14.8 Å². The molecule has 1 atom stereocenters. The molecule has 0 radical (unpaired) electrons.